The van der Waals surface area contributed by atoms with Crippen molar-refractivity contribution in [3.63, 3.8) is 0 Å². The molecule has 162 valence electrons. The van der Waals surface area contributed by atoms with Crippen molar-refractivity contribution in [3.8, 4) is 5.75 Å². The van der Waals surface area contributed by atoms with E-state index in [1.54, 1.807) is 36.9 Å². The largest absolute Gasteiger partial charge is 0.497 e. The first-order chi connectivity index (χ1) is 15.4. The third-order valence-electron chi connectivity index (χ3n) is 5.54. The molecule has 6 heteroatoms. The number of fused-ring (bicyclic) bond motifs is 1. The van der Waals surface area contributed by atoms with Gasteiger partial charge in [0.25, 0.3) is 11.5 Å². The van der Waals surface area contributed by atoms with E-state index in [9.17, 15) is 9.59 Å². The lowest BCUT2D eigenvalue weighted by atomic mass is 10.1. The van der Waals surface area contributed by atoms with Gasteiger partial charge in [-0.1, -0.05) is 24.3 Å². The molecule has 0 unspecified atom stereocenters. The zero-order valence-corrected chi connectivity index (χ0v) is 18.6. The zero-order chi connectivity index (χ0) is 22.8. The normalized spacial score (nSPS) is 10.9. The Morgan fingerprint density at radius 1 is 1.03 bits per heavy atom. The highest BCUT2D eigenvalue weighted by molar-refractivity contribution is 6.07. The number of carbonyl (C=O) groups excluding carboxylic acids is 1. The Hall–Kier alpha value is -3.93. The summed E-state index contributed by atoms with van der Waals surface area (Å²) in [5.74, 6) is 0.481. The molecule has 2 aromatic carbocycles. The molecule has 0 aliphatic rings. The molecule has 2 heterocycles. The number of hydrogen-bond acceptors (Lipinski definition) is 4. The Labute approximate surface area is 186 Å². The van der Waals surface area contributed by atoms with Crippen LogP contribution in [0.25, 0.3) is 10.9 Å². The molecule has 0 bridgehead atoms. The summed E-state index contributed by atoms with van der Waals surface area (Å²) in [5, 5.41) is 3.37. The van der Waals surface area contributed by atoms with E-state index in [4.69, 9.17) is 4.74 Å². The van der Waals surface area contributed by atoms with Gasteiger partial charge in [0.15, 0.2) is 0 Å². The summed E-state index contributed by atoms with van der Waals surface area (Å²) >= 11 is 0. The van der Waals surface area contributed by atoms with Crippen LogP contribution in [-0.4, -0.2) is 22.6 Å². The van der Waals surface area contributed by atoms with Crippen LogP contribution < -0.4 is 15.6 Å². The maximum atomic E-state index is 13.2. The van der Waals surface area contributed by atoms with E-state index < -0.39 is 0 Å². The number of amides is 1. The van der Waals surface area contributed by atoms with Gasteiger partial charge in [0.1, 0.15) is 5.75 Å². The molecule has 1 N–H and O–H groups in total. The second kappa shape index (κ2) is 8.67. The summed E-state index contributed by atoms with van der Waals surface area (Å²) in [4.78, 5) is 30.7. The average Bonchev–Trinajstić information content (AvgIpc) is 2.78. The summed E-state index contributed by atoms with van der Waals surface area (Å²) in [5.41, 5.74) is 5.09. The van der Waals surface area contributed by atoms with E-state index in [1.165, 1.54) is 0 Å². The van der Waals surface area contributed by atoms with Crippen molar-refractivity contribution < 1.29 is 9.53 Å². The molecule has 4 aromatic rings. The molecule has 0 aliphatic heterocycles. The number of aryl methyl sites for hydroxylation is 3. The third kappa shape index (κ3) is 4.25. The zero-order valence-electron chi connectivity index (χ0n) is 18.6. The van der Waals surface area contributed by atoms with E-state index >= 15 is 0 Å². The van der Waals surface area contributed by atoms with Crippen LogP contribution in [0, 0.1) is 20.8 Å². The van der Waals surface area contributed by atoms with Crippen LogP contribution in [0.4, 0.5) is 5.69 Å². The summed E-state index contributed by atoms with van der Waals surface area (Å²) in [6.45, 7) is 6.11. The monoisotopic (exact) mass is 427 g/mol. The molecule has 32 heavy (non-hydrogen) atoms. The minimum atomic E-state index is -0.282. The van der Waals surface area contributed by atoms with Crippen molar-refractivity contribution in [2.45, 2.75) is 27.3 Å². The molecule has 0 radical (unpaired) electrons. The number of ether oxygens (including phenoxy) is 1. The van der Waals surface area contributed by atoms with Crippen molar-refractivity contribution in [2.75, 3.05) is 12.4 Å². The number of methoxy groups -OCH3 is 1. The fourth-order valence-corrected chi connectivity index (χ4v) is 3.65. The smallest absolute Gasteiger partial charge is 0.260 e. The number of nitrogens with zero attached hydrogens (tertiary/aromatic N) is 2. The first-order valence-corrected chi connectivity index (χ1v) is 10.4. The number of pyridine rings is 2. The summed E-state index contributed by atoms with van der Waals surface area (Å²) in [7, 11) is 1.62. The summed E-state index contributed by atoms with van der Waals surface area (Å²) < 4.78 is 6.81. The van der Waals surface area contributed by atoms with Gasteiger partial charge in [-0.3, -0.25) is 14.6 Å². The molecule has 0 aliphatic carbocycles. The van der Waals surface area contributed by atoms with Crippen LogP contribution in [-0.2, 0) is 6.54 Å². The predicted octanol–water partition coefficient (Wildman–Crippen LogP) is 4.63. The third-order valence-corrected chi connectivity index (χ3v) is 5.54. The van der Waals surface area contributed by atoms with Crippen molar-refractivity contribution in [1.29, 1.82) is 0 Å². The second-order valence-corrected chi connectivity index (χ2v) is 7.92. The van der Waals surface area contributed by atoms with Gasteiger partial charge >= 0.3 is 0 Å². The Bertz CT molecular complexity index is 1370. The van der Waals surface area contributed by atoms with Gasteiger partial charge in [0.2, 0.25) is 0 Å². The lowest BCUT2D eigenvalue weighted by molar-refractivity contribution is 0.102. The molecule has 2 aromatic heterocycles. The molecule has 0 saturated heterocycles. The maximum Gasteiger partial charge on any atom is 0.260 e. The van der Waals surface area contributed by atoms with Gasteiger partial charge in [-0.15, -0.1) is 0 Å². The first kappa shape index (κ1) is 21.3. The number of aromatic nitrogens is 2. The second-order valence-electron chi connectivity index (χ2n) is 7.92. The average molecular weight is 428 g/mol. The topological polar surface area (TPSA) is 73.2 Å². The van der Waals surface area contributed by atoms with Gasteiger partial charge in [-0.2, -0.15) is 0 Å². The van der Waals surface area contributed by atoms with Gasteiger partial charge in [-0.25, -0.2) is 0 Å². The lowest BCUT2D eigenvalue weighted by Gasteiger charge is -2.12. The fraction of sp³-hybridized carbons (Fsp3) is 0.192. The van der Waals surface area contributed by atoms with E-state index in [-0.39, 0.29) is 11.5 Å². The van der Waals surface area contributed by atoms with E-state index in [1.807, 2.05) is 56.3 Å². The molecule has 0 saturated carbocycles. The molecule has 1 amide bonds. The maximum absolute atomic E-state index is 13.2. The number of carbonyl (C=O) groups is 1. The molecule has 0 atom stereocenters. The molecular weight excluding hydrogens is 402 g/mol. The standard InChI is InChI=1S/C26H25N3O3/c1-16-5-6-17(2)24(13-16)28-25(30)21-14-22-23(27-18(21)3)11-12-29(26(22)31)15-19-7-9-20(32-4)10-8-19/h5-14H,15H2,1-4H3,(H,28,30). The van der Waals surface area contributed by atoms with Crippen LogP contribution in [0.5, 0.6) is 5.75 Å². The number of rotatable bonds is 5. The number of hydrogen-bond donors (Lipinski definition) is 1. The number of anilines is 1. The van der Waals surface area contributed by atoms with Crippen LogP contribution in [0.3, 0.4) is 0 Å². The number of benzene rings is 2. The summed E-state index contributed by atoms with van der Waals surface area (Å²) in [6, 6.07) is 16.9. The van der Waals surface area contributed by atoms with E-state index in [0.717, 1.165) is 28.1 Å². The van der Waals surface area contributed by atoms with Crippen molar-refractivity contribution in [2.24, 2.45) is 0 Å². The van der Waals surface area contributed by atoms with Crippen LogP contribution >= 0.6 is 0 Å². The Kier molecular flexibility index (Phi) is 5.77. The minimum Gasteiger partial charge on any atom is -0.497 e. The van der Waals surface area contributed by atoms with Gasteiger partial charge in [-0.05, 0) is 67.8 Å². The SMILES string of the molecule is COc1ccc(Cn2ccc3nc(C)c(C(=O)Nc4cc(C)ccc4C)cc3c2=O)cc1. The summed E-state index contributed by atoms with van der Waals surface area (Å²) in [6.07, 6.45) is 1.73. The van der Waals surface area contributed by atoms with E-state index in [2.05, 4.69) is 10.3 Å². The van der Waals surface area contributed by atoms with Crippen molar-refractivity contribution in [3.05, 3.63) is 99.1 Å². The molecule has 6 nitrogen and oxygen atoms in total. The Balaban J connectivity index is 1.69. The highest BCUT2D eigenvalue weighted by atomic mass is 16.5. The van der Waals surface area contributed by atoms with Crippen LogP contribution in [0.2, 0.25) is 0 Å². The predicted molar refractivity (Wildman–Crippen MR) is 127 cm³/mol. The van der Waals surface area contributed by atoms with Gasteiger partial charge in [0, 0.05) is 11.9 Å². The number of nitrogens with one attached hydrogen (secondary N) is 1. The molecular formula is C26H25N3O3. The molecule has 0 spiro atoms. The highest BCUT2D eigenvalue weighted by Gasteiger charge is 2.15. The first-order valence-electron chi connectivity index (χ1n) is 10.4. The van der Waals surface area contributed by atoms with Crippen LogP contribution in [0.15, 0.2) is 65.6 Å². The minimum absolute atomic E-state index is 0.188. The highest BCUT2D eigenvalue weighted by Crippen LogP contribution is 2.20. The van der Waals surface area contributed by atoms with E-state index in [0.29, 0.717) is 28.7 Å². The van der Waals surface area contributed by atoms with Crippen molar-refractivity contribution in [1.82, 2.24) is 9.55 Å². The molecule has 0 fully saturated rings. The van der Waals surface area contributed by atoms with Crippen LogP contribution in [0.1, 0.15) is 32.7 Å². The Morgan fingerprint density at radius 2 is 1.78 bits per heavy atom. The fourth-order valence-electron chi connectivity index (χ4n) is 3.65. The van der Waals surface area contributed by atoms with Gasteiger partial charge < -0.3 is 14.6 Å². The molecule has 4 rings (SSSR count). The van der Waals surface area contributed by atoms with Crippen molar-refractivity contribution >= 4 is 22.5 Å². The lowest BCUT2D eigenvalue weighted by Crippen LogP contribution is -2.22. The Morgan fingerprint density at radius 3 is 2.50 bits per heavy atom. The van der Waals surface area contributed by atoms with Gasteiger partial charge in [0.05, 0.1) is 35.8 Å². The quantitative estimate of drug-likeness (QED) is 0.504.